The molecule has 3 aromatic carbocycles. The zero-order valence-electron chi connectivity index (χ0n) is 15.8. The number of hydrogen-bond donors (Lipinski definition) is 0. The van der Waals surface area contributed by atoms with Gasteiger partial charge in [-0.25, -0.2) is 0 Å². The number of likely N-dealkylation sites (tertiary alicyclic amines) is 1. The number of carbonyl (C=O) groups is 2. The van der Waals surface area contributed by atoms with Gasteiger partial charge in [0, 0.05) is 18.7 Å². The molecule has 1 saturated heterocycles. The van der Waals surface area contributed by atoms with Crippen LogP contribution in [0.25, 0.3) is 10.8 Å². The SMILES string of the molecule is O=C(Cc1cccc2ccccc12)OCc1ccc(C(=O)N2CCCC2)cc1. The first-order chi connectivity index (χ1) is 13.7. The third-order valence-electron chi connectivity index (χ3n) is 5.21. The summed E-state index contributed by atoms with van der Waals surface area (Å²) in [6.07, 6.45) is 2.40. The fourth-order valence-corrected chi connectivity index (χ4v) is 3.66. The number of amides is 1. The summed E-state index contributed by atoms with van der Waals surface area (Å²) in [5.74, 6) is -0.175. The van der Waals surface area contributed by atoms with Gasteiger partial charge >= 0.3 is 5.97 Å². The normalized spacial score (nSPS) is 13.6. The van der Waals surface area contributed by atoms with Gasteiger partial charge in [0.1, 0.15) is 6.61 Å². The Morgan fingerprint density at radius 2 is 1.57 bits per heavy atom. The van der Waals surface area contributed by atoms with Crippen molar-refractivity contribution in [2.24, 2.45) is 0 Å². The maximum atomic E-state index is 12.4. The van der Waals surface area contributed by atoms with E-state index in [4.69, 9.17) is 4.74 Å². The van der Waals surface area contributed by atoms with E-state index >= 15 is 0 Å². The van der Waals surface area contributed by atoms with Crippen LogP contribution in [0.4, 0.5) is 0 Å². The second-order valence-electron chi connectivity index (χ2n) is 7.17. The minimum Gasteiger partial charge on any atom is -0.461 e. The topological polar surface area (TPSA) is 46.6 Å². The number of carbonyl (C=O) groups excluding carboxylic acids is 2. The minimum atomic E-state index is -0.256. The number of esters is 1. The summed E-state index contributed by atoms with van der Waals surface area (Å²) in [4.78, 5) is 26.6. The van der Waals surface area contributed by atoms with E-state index in [0.29, 0.717) is 5.56 Å². The highest BCUT2D eigenvalue weighted by Gasteiger charge is 2.19. The highest BCUT2D eigenvalue weighted by Crippen LogP contribution is 2.19. The van der Waals surface area contributed by atoms with Gasteiger partial charge in [-0.1, -0.05) is 54.6 Å². The maximum Gasteiger partial charge on any atom is 0.310 e. The monoisotopic (exact) mass is 373 g/mol. The second kappa shape index (κ2) is 8.26. The number of ether oxygens (including phenoxy) is 1. The zero-order valence-corrected chi connectivity index (χ0v) is 15.8. The number of hydrogen-bond acceptors (Lipinski definition) is 3. The molecular formula is C24H23NO3. The number of rotatable bonds is 5. The molecule has 1 amide bonds. The van der Waals surface area contributed by atoms with Crippen LogP contribution in [-0.2, 0) is 22.6 Å². The summed E-state index contributed by atoms with van der Waals surface area (Å²) < 4.78 is 5.45. The van der Waals surface area contributed by atoms with Gasteiger partial charge in [-0.05, 0) is 46.9 Å². The summed E-state index contributed by atoms with van der Waals surface area (Å²) in [5, 5.41) is 2.19. The molecule has 0 bridgehead atoms. The van der Waals surface area contributed by atoms with E-state index in [0.717, 1.165) is 47.8 Å². The lowest BCUT2D eigenvalue weighted by atomic mass is 10.0. The fraction of sp³-hybridized carbons (Fsp3) is 0.250. The highest BCUT2D eigenvalue weighted by atomic mass is 16.5. The molecule has 4 nitrogen and oxygen atoms in total. The van der Waals surface area contributed by atoms with Crippen LogP contribution in [0.3, 0.4) is 0 Å². The summed E-state index contributed by atoms with van der Waals surface area (Å²) >= 11 is 0. The van der Waals surface area contributed by atoms with Crippen LogP contribution in [0.15, 0.2) is 66.7 Å². The van der Waals surface area contributed by atoms with Crippen LogP contribution < -0.4 is 0 Å². The molecule has 28 heavy (non-hydrogen) atoms. The molecule has 1 fully saturated rings. The molecule has 3 aromatic rings. The second-order valence-corrected chi connectivity index (χ2v) is 7.17. The van der Waals surface area contributed by atoms with Gasteiger partial charge < -0.3 is 9.64 Å². The smallest absolute Gasteiger partial charge is 0.310 e. The van der Waals surface area contributed by atoms with E-state index in [-0.39, 0.29) is 24.9 Å². The third-order valence-corrected chi connectivity index (χ3v) is 5.21. The third kappa shape index (κ3) is 4.06. The Balaban J connectivity index is 1.35. The van der Waals surface area contributed by atoms with E-state index in [2.05, 4.69) is 0 Å². The summed E-state index contributed by atoms with van der Waals surface area (Å²) in [6, 6.07) is 21.3. The molecule has 142 valence electrons. The van der Waals surface area contributed by atoms with Gasteiger partial charge in [0.05, 0.1) is 6.42 Å². The first-order valence-corrected chi connectivity index (χ1v) is 9.71. The molecule has 0 saturated carbocycles. The van der Waals surface area contributed by atoms with Gasteiger partial charge in [-0.15, -0.1) is 0 Å². The van der Waals surface area contributed by atoms with Crippen molar-refractivity contribution in [3.05, 3.63) is 83.4 Å². The van der Waals surface area contributed by atoms with Crippen LogP contribution in [0.1, 0.15) is 34.3 Å². The molecular weight excluding hydrogens is 350 g/mol. The predicted octanol–water partition coefficient (Wildman–Crippen LogP) is 4.36. The summed E-state index contributed by atoms with van der Waals surface area (Å²) in [7, 11) is 0. The molecule has 0 aromatic heterocycles. The Labute approximate surface area is 164 Å². The van der Waals surface area contributed by atoms with E-state index in [1.165, 1.54) is 0 Å². The van der Waals surface area contributed by atoms with E-state index in [9.17, 15) is 9.59 Å². The van der Waals surface area contributed by atoms with Crippen molar-refractivity contribution < 1.29 is 14.3 Å². The molecule has 0 radical (unpaired) electrons. The summed E-state index contributed by atoms with van der Waals surface area (Å²) in [6.45, 7) is 1.89. The molecule has 4 rings (SSSR count). The molecule has 4 heteroatoms. The van der Waals surface area contributed by atoms with Crippen LogP contribution in [0.5, 0.6) is 0 Å². The van der Waals surface area contributed by atoms with Gasteiger partial charge in [0.25, 0.3) is 5.91 Å². The van der Waals surface area contributed by atoms with E-state index in [1.54, 1.807) is 0 Å². The molecule has 0 atom stereocenters. The largest absolute Gasteiger partial charge is 0.461 e. The molecule has 0 spiro atoms. The van der Waals surface area contributed by atoms with Gasteiger partial charge in [0.15, 0.2) is 0 Å². The minimum absolute atomic E-state index is 0.0806. The molecule has 1 heterocycles. The van der Waals surface area contributed by atoms with Crippen LogP contribution in [0.2, 0.25) is 0 Å². The lowest BCUT2D eigenvalue weighted by Gasteiger charge is -2.15. The van der Waals surface area contributed by atoms with E-state index in [1.807, 2.05) is 71.6 Å². The fourth-order valence-electron chi connectivity index (χ4n) is 3.66. The lowest BCUT2D eigenvalue weighted by Crippen LogP contribution is -2.27. The van der Waals surface area contributed by atoms with Crippen molar-refractivity contribution in [3.8, 4) is 0 Å². The van der Waals surface area contributed by atoms with Crippen molar-refractivity contribution in [2.75, 3.05) is 13.1 Å². The molecule has 0 aliphatic carbocycles. The number of benzene rings is 3. The average molecular weight is 373 g/mol. The van der Waals surface area contributed by atoms with Crippen LogP contribution in [0, 0.1) is 0 Å². The molecule has 1 aliphatic heterocycles. The number of fused-ring (bicyclic) bond motifs is 1. The Morgan fingerprint density at radius 3 is 2.36 bits per heavy atom. The number of nitrogens with zero attached hydrogens (tertiary/aromatic N) is 1. The van der Waals surface area contributed by atoms with Crippen molar-refractivity contribution in [1.29, 1.82) is 0 Å². The Bertz CT molecular complexity index is 983. The zero-order chi connectivity index (χ0) is 19.3. The van der Waals surface area contributed by atoms with E-state index < -0.39 is 0 Å². The average Bonchev–Trinajstić information content (AvgIpc) is 3.27. The maximum absolute atomic E-state index is 12.4. The van der Waals surface area contributed by atoms with Gasteiger partial charge in [0.2, 0.25) is 0 Å². The standard InChI is InChI=1S/C24H23NO3/c26-23(16-21-8-5-7-19-6-1-2-9-22(19)21)28-17-18-10-12-20(13-11-18)24(27)25-14-3-4-15-25/h1-2,5-13H,3-4,14-17H2. The first-order valence-electron chi connectivity index (χ1n) is 9.71. The lowest BCUT2D eigenvalue weighted by molar-refractivity contribution is -0.144. The summed E-state index contributed by atoms with van der Waals surface area (Å²) in [5.41, 5.74) is 2.53. The Hall–Kier alpha value is -3.14. The Morgan fingerprint density at radius 1 is 0.857 bits per heavy atom. The molecule has 1 aliphatic rings. The van der Waals surface area contributed by atoms with Crippen LogP contribution >= 0.6 is 0 Å². The van der Waals surface area contributed by atoms with Crippen molar-refractivity contribution in [3.63, 3.8) is 0 Å². The highest BCUT2D eigenvalue weighted by molar-refractivity contribution is 5.94. The molecule has 0 N–H and O–H groups in total. The predicted molar refractivity (Wildman–Crippen MR) is 109 cm³/mol. The van der Waals surface area contributed by atoms with Crippen molar-refractivity contribution >= 4 is 22.6 Å². The molecule has 0 unspecified atom stereocenters. The van der Waals surface area contributed by atoms with Crippen molar-refractivity contribution in [1.82, 2.24) is 4.90 Å². The van der Waals surface area contributed by atoms with Gasteiger partial charge in [-0.2, -0.15) is 0 Å². The van der Waals surface area contributed by atoms with Gasteiger partial charge in [-0.3, -0.25) is 9.59 Å². The van der Waals surface area contributed by atoms with Crippen molar-refractivity contribution in [2.45, 2.75) is 25.9 Å². The van der Waals surface area contributed by atoms with Crippen LogP contribution in [-0.4, -0.2) is 29.9 Å². The quantitative estimate of drug-likeness (QED) is 0.624. The first kappa shape index (κ1) is 18.2. The Kier molecular flexibility index (Phi) is 5.38.